The summed E-state index contributed by atoms with van der Waals surface area (Å²) >= 11 is 0. The predicted octanol–water partition coefficient (Wildman–Crippen LogP) is 7.64. The van der Waals surface area contributed by atoms with Crippen molar-refractivity contribution in [1.29, 1.82) is 0 Å². The number of carboxylic acid groups (broad SMARTS) is 1. The fourth-order valence-corrected chi connectivity index (χ4v) is 6.02. The zero-order valence-electron chi connectivity index (χ0n) is 28.4. The van der Waals surface area contributed by atoms with Crippen LogP contribution in [0.25, 0.3) is 11.1 Å². The first-order chi connectivity index (χ1) is 23.5. The van der Waals surface area contributed by atoms with Crippen LogP contribution < -0.4 is 9.47 Å². The molecule has 1 unspecified atom stereocenters. The zero-order chi connectivity index (χ0) is 35.0. The second-order valence-corrected chi connectivity index (χ2v) is 13.0. The molecule has 9 heteroatoms. The van der Waals surface area contributed by atoms with E-state index in [1.807, 2.05) is 54.6 Å². The Labute approximate surface area is 287 Å². The summed E-state index contributed by atoms with van der Waals surface area (Å²) in [5, 5.41) is 9.10. The Morgan fingerprint density at radius 2 is 1.49 bits per heavy atom. The third-order valence-electron chi connectivity index (χ3n) is 8.31. The van der Waals surface area contributed by atoms with Crippen LogP contribution in [-0.4, -0.2) is 60.0 Å². The maximum atomic E-state index is 14.4. The van der Waals surface area contributed by atoms with Gasteiger partial charge in [-0.1, -0.05) is 78.9 Å². The summed E-state index contributed by atoms with van der Waals surface area (Å²) in [4.78, 5) is 40.8. The molecule has 5 rings (SSSR count). The number of aliphatic carboxylic acids is 1. The van der Waals surface area contributed by atoms with Gasteiger partial charge in [0.15, 0.2) is 0 Å². The molecule has 1 N–H and O–H groups in total. The number of esters is 1. The molecule has 0 bridgehead atoms. The maximum Gasteiger partial charge on any atom is 0.410 e. The molecule has 1 amide bonds. The van der Waals surface area contributed by atoms with Crippen molar-refractivity contribution in [3.8, 4) is 22.6 Å². The Morgan fingerprint density at radius 3 is 2.10 bits per heavy atom. The fourth-order valence-electron chi connectivity index (χ4n) is 6.02. The van der Waals surface area contributed by atoms with Crippen molar-refractivity contribution in [2.75, 3.05) is 20.3 Å². The summed E-state index contributed by atoms with van der Waals surface area (Å²) in [6, 6.07) is 29.8. The van der Waals surface area contributed by atoms with E-state index in [4.69, 9.17) is 24.1 Å². The quantitative estimate of drug-likeness (QED) is 0.108. The molecule has 0 saturated carbocycles. The molecule has 0 aliphatic heterocycles. The summed E-state index contributed by atoms with van der Waals surface area (Å²) in [5.74, 6) is -0.734. The van der Waals surface area contributed by atoms with E-state index in [0.29, 0.717) is 17.1 Å². The molecule has 0 radical (unpaired) electrons. The van der Waals surface area contributed by atoms with E-state index in [0.717, 1.165) is 27.8 Å². The van der Waals surface area contributed by atoms with Crippen LogP contribution in [0.1, 0.15) is 61.8 Å². The van der Waals surface area contributed by atoms with Crippen LogP contribution in [0.4, 0.5) is 4.79 Å². The number of carbonyl (C=O) groups is 3. The number of benzene rings is 4. The number of hydrogen-bond acceptors (Lipinski definition) is 7. The molecule has 0 heterocycles. The first-order valence-electron chi connectivity index (χ1n) is 16.4. The number of hydrogen-bond donors (Lipinski definition) is 1. The molecule has 1 atom stereocenters. The summed E-state index contributed by atoms with van der Waals surface area (Å²) in [5.41, 5.74) is 4.98. The Morgan fingerprint density at radius 1 is 0.857 bits per heavy atom. The normalized spacial score (nSPS) is 12.7. The number of amides is 1. The van der Waals surface area contributed by atoms with Crippen LogP contribution in [0.5, 0.6) is 11.5 Å². The third-order valence-corrected chi connectivity index (χ3v) is 8.31. The molecule has 9 nitrogen and oxygen atoms in total. The highest BCUT2D eigenvalue weighted by atomic mass is 16.6. The lowest BCUT2D eigenvalue weighted by Crippen LogP contribution is -2.48. The van der Waals surface area contributed by atoms with Gasteiger partial charge < -0.3 is 24.1 Å². The number of nitrogens with zero attached hydrogens (tertiary/aromatic N) is 1. The van der Waals surface area contributed by atoms with Crippen molar-refractivity contribution in [2.45, 2.75) is 64.1 Å². The Hall–Kier alpha value is -5.31. The number of rotatable bonds is 14. The minimum absolute atomic E-state index is 0.0499. The minimum atomic E-state index is -1.04. The lowest BCUT2D eigenvalue weighted by Gasteiger charge is -2.33. The Kier molecular flexibility index (Phi) is 11.2. The van der Waals surface area contributed by atoms with Crippen molar-refractivity contribution in [2.24, 2.45) is 0 Å². The Balaban J connectivity index is 1.49. The number of fused-ring (bicyclic) bond motifs is 3. The largest absolute Gasteiger partial charge is 0.497 e. The minimum Gasteiger partial charge on any atom is -0.497 e. The second kappa shape index (κ2) is 15.7. The smallest absolute Gasteiger partial charge is 0.410 e. The third kappa shape index (κ3) is 8.99. The molecule has 256 valence electrons. The van der Waals surface area contributed by atoms with Gasteiger partial charge in [0.2, 0.25) is 0 Å². The molecule has 49 heavy (non-hydrogen) atoms. The van der Waals surface area contributed by atoms with E-state index in [1.54, 1.807) is 39.0 Å². The van der Waals surface area contributed by atoms with Crippen molar-refractivity contribution >= 4 is 18.0 Å². The average Bonchev–Trinajstić information content (AvgIpc) is 3.40. The Bertz CT molecular complexity index is 1720. The first-order valence-corrected chi connectivity index (χ1v) is 16.4. The van der Waals surface area contributed by atoms with Gasteiger partial charge in [-0.15, -0.1) is 0 Å². The van der Waals surface area contributed by atoms with Gasteiger partial charge in [-0.2, -0.15) is 0 Å². The van der Waals surface area contributed by atoms with E-state index >= 15 is 0 Å². The van der Waals surface area contributed by atoms with Gasteiger partial charge in [-0.05, 0) is 67.1 Å². The SMILES string of the molecule is COc1ccc(CN(C(=O)OCC2c3ccccc3-c3ccccc32)C(Cc2ccccc2)C(=O)OC(C)(C)C)c(OCCCC(=O)O)c1. The van der Waals surface area contributed by atoms with E-state index in [-0.39, 0.29) is 44.9 Å². The highest BCUT2D eigenvalue weighted by Crippen LogP contribution is 2.44. The van der Waals surface area contributed by atoms with Crippen molar-refractivity contribution < 1.29 is 38.4 Å². The van der Waals surface area contributed by atoms with Crippen LogP contribution in [0.2, 0.25) is 0 Å². The van der Waals surface area contributed by atoms with Crippen LogP contribution in [0, 0.1) is 0 Å². The van der Waals surface area contributed by atoms with Gasteiger partial charge in [0.25, 0.3) is 0 Å². The summed E-state index contributed by atoms with van der Waals surface area (Å²) in [7, 11) is 1.53. The highest BCUT2D eigenvalue weighted by molar-refractivity contribution is 5.83. The molecular formula is C40H43NO8. The van der Waals surface area contributed by atoms with Crippen LogP contribution in [0.15, 0.2) is 97.1 Å². The predicted molar refractivity (Wildman–Crippen MR) is 186 cm³/mol. The van der Waals surface area contributed by atoms with Gasteiger partial charge in [0.1, 0.15) is 29.7 Å². The lowest BCUT2D eigenvalue weighted by molar-refractivity contribution is -0.161. The number of methoxy groups -OCH3 is 1. The highest BCUT2D eigenvalue weighted by Gasteiger charge is 2.37. The number of ether oxygens (including phenoxy) is 4. The average molecular weight is 666 g/mol. The molecular weight excluding hydrogens is 622 g/mol. The molecule has 4 aromatic rings. The molecule has 0 saturated heterocycles. The van der Waals surface area contributed by atoms with Gasteiger partial charge in [0, 0.05) is 30.4 Å². The summed E-state index contributed by atoms with van der Waals surface area (Å²) in [6.45, 7) is 5.51. The van der Waals surface area contributed by atoms with Gasteiger partial charge >= 0.3 is 18.0 Å². The molecule has 0 spiro atoms. The number of carbonyl (C=O) groups excluding carboxylic acids is 2. The molecule has 1 aliphatic carbocycles. The molecule has 1 aliphatic rings. The second-order valence-electron chi connectivity index (χ2n) is 13.0. The van der Waals surface area contributed by atoms with Crippen molar-refractivity contribution in [3.05, 3.63) is 119 Å². The lowest BCUT2D eigenvalue weighted by atomic mass is 9.98. The summed E-state index contributed by atoms with van der Waals surface area (Å²) in [6.07, 6.45) is -0.258. The van der Waals surface area contributed by atoms with Gasteiger partial charge in [0.05, 0.1) is 20.3 Å². The standard InChI is InChI=1S/C40H43NO8/c1-40(2,3)49-38(44)35(23-27-13-6-5-7-14-27)41(25-28-20-21-29(46-4)24-36(28)47-22-12-19-37(42)43)39(45)48-26-34-32-17-10-8-15-30(32)31-16-9-11-18-33(31)34/h5-11,13-18,20-21,24,34-35H,12,19,22-23,25-26H2,1-4H3,(H,42,43). The topological polar surface area (TPSA) is 112 Å². The molecule has 0 aromatic heterocycles. The molecule has 0 fully saturated rings. The van der Waals surface area contributed by atoms with E-state index < -0.39 is 29.7 Å². The monoisotopic (exact) mass is 665 g/mol. The van der Waals surface area contributed by atoms with Gasteiger partial charge in [-0.3, -0.25) is 9.69 Å². The van der Waals surface area contributed by atoms with Crippen LogP contribution >= 0.6 is 0 Å². The van der Waals surface area contributed by atoms with E-state index in [1.165, 1.54) is 12.0 Å². The van der Waals surface area contributed by atoms with Crippen LogP contribution in [-0.2, 0) is 32.0 Å². The van der Waals surface area contributed by atoms with E-state index in [9.17, 15) is 14.4 Å². The summed E-state index contributed by atoms with van der Waals surface area (Å²) < 4.78 is 23.5. The first kappa shape index (κ1) is 35.0. The maximum absolute atomic E-state index is 14.4. The van der Waals surface area contributed by atoms with Crippen LogP contribution in [0.3, 0.4) is 0 Å². The van der Waals surface area contributed by atoms with Crippen molar-refractivity contribution in [1.82, 2.24) is 4.90 Å². The van der Waals surface area contributed by atoms with Crippen molar-refractivity contribution in [3.63, 3.8) is 0 Å². The van der Waals surface area contributed by atoms with Gasteiger partial charge in [-0.25, -0.2) is 9.59 Å². The number of carboxylic acids is 1. The van der Waals surface area contributed by atoms with E-state index in [2.05, 4.69) is 24.3 Å². The zero-order valence-corrected chi connectivity index (χ0v) is 28.4. The molecule has 4 aromatic carbocycles. The fraction of sp³-hybridized carbons (Fsp3) is 0.325.